The second-order valence-corrected chi connectivity index (χ2v) is 3.23. The van der Waals surface area contributed by atoms with Crippen molar-refractivity contribution < 1.29 is 8.78 Å². The van der Waals surface area contributed by atoms with Gasteiger partial charge in [-0.25, -0.2) is 8.78 Å². The maximum atomic E-state index is 12.8. The molecule has 0 N–H and O–H groups in total. The molecule has 1 aromatic rings. The van der Waals surface area contributed by atoms with Crippen molar-refractivity contribution in [2.75, 3.05) is 5.88 Å². The molecule has 1 rings (SSSR count). The Kier molecular flexibility index (Phi) is 4.08. The molecule has 0 aliphatic rings. The van der Waals surface area contributed by atoms with E-state index in [4.69, 9.17) is 11.6 Å². The van der Waals surface area contributed by atoms with Crippen LogP contribution in [0.4, 0.5) is 8.78 Å². The number of allylic oxidation sites excluding steroid dienone is 1. The zero-order valence-corrected chi connectivity index (χ0v) is 8.61. The molecule has 0 spiro atoms. The van der Waals surface area contributed by atoms with Crippen LogP contribution in [0.25, 0.3) is 6.08 Å². The van der Waals surface area contributed by atoms with E-state index in [2.05, 4.69) is 0 Å². The highest BCUT2D eigenvalue weighted by Gasteiger charge is 2.01. The summed E-state index contributed by atoms with van der Waals surface area (Å²) in [6.07, 6.45) is 2.58. The molecule has 0 unspecified atom stereocenters. The van der Waals surface area contributed by atoms with Gasteiger partial charge in [0.15, 0.2) is 11.6 Å². The Labute approximate surface area is 87.2 Å². The molecule has 14 heavy (non-hydrogen) atoms. The first-order chi connectivity index (χ1) is 6.67. The summed E-state index contributed by atoms with van der Waals surface area (Å²) in [5.74, 6) is -1.25. The summed E-state index contributed by atoms with van der Waals surface area (Å²) < 4.78 is 25.4. The zero-order valence-electron chi connectivity index (χ0n) is 7.86. The van der Waals surface area contributed by atoms with Crippen LogP contribution in [0.5, 0.6) is 0 Å². The minimum atomic E-state index is -0.830. The Balaban J connectivity index is 2.97. The van der Waals surface area contributed by atoms with Crippen molar-refractivity contribution in [3.8, 4) is 0 Å². The molecule has 0 saturated carbocycles. The van der Waals surface area contributed by atoms with E-state index in [0.29, 0.717) is 11.4 Å². The summed E-state index contributed by atoms with van der Waals surface area (Å²) >= 11 is 5.65. The average molecular weight is 217 g/mol. The van der Waals surface area contributed by atoms with Crippen LogP contribution in [-0.4, -0.2) is 5.88 Å². The van der Waals surface area contributed by atoms with Gasteiger partial charge in [0.1, 0.15) is 0 Å². The third-order valence-electron chi connectivity index (χ3n) is 1.94. The van der Waals surface area contributed by atoms with E-state index in [1.165, 1.54) is 6.07 Å². The van der Waals surface area contributed by atoms with Crippen molar-refractivity contribution >= 4 is 17.7 Å². The van der Waals surface area contributed by atoms with Gasteiger partial charge in [0.05, 0.1) is 0 Å². The van der Waals surface area contributed by atoms with Crippen LogP contribution in [0.2, 0.25) is 0 Å². The lowest BCUT2D eigenvalue weighted by molar-refractivity contribution is 0.508. The smallest absolute Gasteiger partial charge is 0.159 e. The fraction of sp³-hybridized carbons (Fsp3) is 0.273. The van der Waals surface area contributed by atoms with E-state index in [0.717, 1.165) is 24.1 Å². The lowest BCUT2D eigenvalue weighted by Crippen LogP contribution is -1.86. The fourth-order valence-electron chi connectivity index (χ4n) is 1.07. The molecule has 0 bridgehead atoms. The summed E-state index contributed by atoms with van der Waals surface area (Å²) in [6, 6.07) is 3.81. The molecule has 0 aromatic heterocycles. The summed E-state index contributed by atoms with van der Waals surface area (Å²) in [7, 11) is 0. The Morgan fingerprint density at radius 3 is 2.57 bits per heavy atom. The van der Waals surface area contributed by atoms with E-state index in [1.807, 2.05) is 6.92 Å². The van der Waals surface area contributed by atoms with E-state index in [1.54, 1.807) is 6.08 Å². The minimum Gasteiger partial charge on any atom is -0.204 e. The van der Waals surface area contributed by atoms with Crippen molar-refractivity contribution in [1.82, 2.24) is 0 Å². The standard InChI is InChI=1S/C11H11ClF2/c1-2-8(7-12)5-9-3-4-10(13)11(14)6-9/h3-6H,2,7H2,1H3/b8-5-. The molecule has 0 radical (unpaired) electrons. The van der Waals surface area contributed by atoms with Gasteiger partial charge in [-0.2, -0.15) is 0 Å². The van der Waals surface area contributed by atoms with Gasteiger partial charge in [0.25, 0.3) is 0 Å². The first-order valence-electron chi connectivity index (χ1n) is 4.37. The highest BCUT2D eigenvalue weighted by Crippen LogP contribution is 2.14. The second-order valence-electron chi connectivity index (χ2n) is 2.96. The SMILES string of the molecule is CC/C(=C/c1ccc(F)c(F)c1)CCl. The van der Waals surface area contributed by atoms with Crippen molar-refractivity contribution in [3.05, 3.63) is 41.0 Å². The van der Waals surface area contributed by atoms with E-state index < -0.39 is 11.6 Å². The van der Waals surface area contributed by atoms with Crippen molar-refractivity contribution in [2.45, 2.75) is 13.3 Å². The molecule has 0 aliphatic carbocycles. The Morgan fingerprint density at radius 2 is 2.07 bits per heavy atom. The zero-order chi connectivity index (χ0) is 10.6. The number of hydrogen-bond acceptors (Lipinski definition) is 0. The van der Waals surface area contributed by atoms with E-state index in [-0.39, 0.29) is 0 Å². The Morgan fingerprint density at radius 1 is 1.36 bits per heavy atom. The van der Waals surface area contributed by atoms with Gasteiger partial charge >= 0.3 is 0 Å². The largest absolute Gasteiger partial charge is 0.204 e. The monoisotopic (exact) mass is 216 g/mol. The van der Waals surface area contributed by atoms with Crippen LogP contribution in [0, 0.1) is 11.6 Å². The van der Waals surface area contributed by atoms with Crippen molar-refractivity contribution in [3.63, 3.8) is 0 Å². The first kappa shape index (κ1) is 11.2. The predicted octanol–water partition coefficient (Wildman–Crippen LogP) is 4.00. The van der Waals surface area contributed by atoms with Crippen LogP contribution in [0.15, 0.2) is 23.8 Å². The maximum Gasteiger partial charge on any atom is 0.159 e. The van der Waals surface area contributed by atoms with Crippen LogP contribution in [-0.2, 0) is 0 Å². The molecule has 0 atom stereocenters. The van der Waals surface area contributed by atoms with Crippen LogP contribution in [0.1, 0.15) is 18.9 Å². The number of hydrogen-bond donors (Lipinski definition) is 0. The van der Waals surface area contributed by atoms with E-state index in [9.17, 15) is 8.78 Å². The highest BCUT2D eigenvalue weighted by atomic mass is 35.5. The molecular formula is C11H11ClF2. The fourth-order valence-corrected chi connectivity index (χ4v) is 1.34. The minimum absolute atomic E-state index is 0.412. The van der Waals surface area contributed by atoms with Gasteiger partial charge in [-0.1, -0.05) is 24.6 Å². The molecule has 0 saturated heterocycles. The third kappa shape index (κ3) is 2.81. The quantitative estimate of drug-likeness (QED) is 0.670. The lowest BCUT2D eigenvalue weighted by Gasteiger charge is -2.00. The van der Waals surface area contributed by atoms with Gasteiger partial charge in [-0.05, 0) is 24.1 Å². The molecule has 0 aliphatic heterocycles. The second kappa shape index (κ2) is 5.11. The molecular weight excluding hydrogens is 206 g/mol. The third-order valence-corrected chi connectivity index (χ3v) is 2.28. The summed E-state index contributed by atoms with van der Waals surface area (Å²) in [5, 5.41) is 0. The highest BCUT2D eigenvalue weighted by molar-refractivity contribution is 6.19. The van der Waals surface area contributed by atoms with Gasteiger partial charge in [-0.3, -0.25) is 0 Å². The van der Waals surface area contributed by atoms with Crippen LogP contribution < -0.4 is 0 Å². The van der Waals surface area contributed by atoms with Gasteiger partial charge in [0.2, 0.25) is 0 Å². The average Bonchev–Trinajstić information content (AvgIpc) is 2.19. The predicted molar refractivity (Wildman–Crippen MR) is 55.3 cm³/mol. The molecule has 0 fully saturated rings. The Bertz CT molecular complexity index is 339. The molecule has 0 heterocycles. The molecule has 0 amide bonds. The van der Waals surface area contributed by atoms with Crippen LogP contribution >= 0.6 is 11.6 Å². The lowest BCUT2D eigenvalue weighted by atomic mass is 10.1. The van der Waals surface area contributed by atoms with Crippen molar-refractivity contribution in [1.29, 1.82) is 0 Å². The number of alkyl halides is 1. The molecule has 0 nitrogen and oxygen atoms in total. The van der Waals surface area contributed by atoms with E-state index >= 15 is 0 Å². The topological polar surface area (TPSA) is 0 Å². The number of rotatable bonds is 3. The maximum absolute atomic E-state index is 12.8. The number of benzene rings is 1. The molecule has 76 valence electrons. The summed E-state index contributed by atoms with van der Waals surface area (Å²) in [5.41, 5.74) is 1.64. The summed E-state index contributed by atoms with van der Waals surface area (Å²) in [4.78, 5) is 0. The van der Waals surface area contributed by atoms with Gasteiger partial charge < -0.3 is 0 Å². The molecule has 1 aromatic carbocycles. The normalized spacial score (nSPS) is 11.9. The van der Waals surface area contributed by atoms with Gasteiger partial charge in [0, 0.05) is 5.88 Å². The van der Waals surface area contributed by atoms with Gasteiger partial charge in [-0.15, -0.1) is 11.6 Å². The molecule has 3 heteroatoms. The Hall–Kier alpha value is -0.890. The van der Waals surface area contributed by atoms with Crippen LogP contribution in [0.3, 0.4) is 0 Å². The van der Waals surface area contributed by atoms with Crippen molar-refractivity contribution in [2.24, 2.45) is 0 Å². The first-order valence-corrected chi connectivity index (χ1v) is 4.91. The summed E-state index contributed by atoms with van der Waals surface area (Å²) in [6.45, 7) is 1.97. The number of halogens is 3.